The number of hydrogen-bond donors (Lipinski definition) is 0. The fraction of sp³-hybridized carbons (Fsp3) is 0.370. The molecule has 33 heavy (non-hydrogen) atoms. The van der Waals surface area contributed by atoms with Crippen LogP contribution in [0.4, 0.5) is 11.6 Å². The standard InChI is InChI=1S/C27H31N5O/c33-27(24-12-10-23(11-13-24)22-8-4-3-5-9-22)32-20-18-31(19-21-32)26-15-14-25(28-29-26)30-16-6-1-2-7-17-30/h3-5,8-15H,1-2,6-7,16-21H2. The van der Waals surface area contributed by atoms with E-state index in [0.29, 0.717) is 13.1 Å². The van der Waals surface area contributed by atoms with Crippen molar-refractivity contribution in [2.45, 2.75) is 25.7 Å². The summed E-state index contributed by atoms with van der Waals surface area (Å²) < 4.78 is 0. The molecule has 170 valence electrons. The first kappa shape index (κ1) is 21.4. The van der Waals surface area contributed by atoms with Crippen LogP contribution in [0.15, 0.2) is 66.7 Å². The van der Waals surface area contributed by atoms with Gasteiger partial charge in [0.15, 0.2) is 11.6 Å². The van der Waals surface area contributed by atoms with E-state index in [1.54, 1.807) is 0 Å². The Balaban J connectivity index is 1.17. The molecule has 0 spiro atoms. The molecule has 1 amide bonds. The van der Waals surface area contributed by atoms with Gasteiger partial charge in [0, 0.05) is 44.8 Å². The lowest BCUT2D eigenvalue weighted by molar-refractivity contribution is 0.0746. The third kappa shape index (κ3) is 5.00. The van der Waals surface area contributed by atoms with Crippen LogP contribution in [0.1, 0.15) is 36.0 Å². The van der Waals surface area contributed by atoms with Crippen LogP contribution in [0.25, 0.3) is 11.1 Å². The molecule has 6 heteroatoms. The number of anilines is 2. The lowest BCUT2D eigenvalue weighted by Gasteiger charge is -2.35. The minimum absolute atomic E-state index is 0.0943. The quantitative estimate of drug-likeness (QED) is 0.597. The molecule has 0 unspecified atom stereocenters. The molecule has 0 atom stereocenters. The van der Waals surface area contributed by atoms with Gasteiger partial charge in [0.25, 0.3) is 5.91 Å². The SMILES string of the molecule is O=C(c1ccc(-c2ccccc2)cc1)N1CCN(c2ccc(N3CCCCCC3)nn2)CC1. The van der Waals surface area contributed by atoms with Crippen LogP contribution in [0.5, 0.6) is 0 Å². The number of carbonyl (C=O) groups excluding carboxylic acids is 1. The highest BCUT2D eigenvalue weighted by Crippen LogP contribution is 2.22. The summed E-state index contributed by atoms with van der Waals surface area (Å²) in [6.07, 6.45) is 5.08. The van der Waals surface area contributed by atoms with Crippen molar-refractivity contribution in [2.75, 3.05) is 49.1 Å². The zero-order valence-electron chi connectivity index (χ0n) is 19.1. The number of nitrogens with zero attached hydrogens (tertiary/aromatic N) is 5. The smallest absolute Gasteiger partial charge is 0.253 e. The van der Waals surface area contributed by atoms with E-state index in [2.05, 4.69) is 44.3 Å². The van der Waals surface area contributed by atoms with Gasteiger partial charge in [0.1, 0.15) is 0 Å². The first-order valence-corrected chi connectivity index (χ1v) is 12.1. The highest BCUT2D eigenvalue weighted by atomic mass is 16.2. The Morgan fingerprint density at radius 1 is 0.576 bits per heavy atom. The average Bonchev–Trinajstić information content (AvgIpc) is 3.19. The molecule has 2 saturated heterocycles. The molecule has 2 aromatic carbocycles. The van der Waals surface area contributed by atoms with Crippen molar-refractivity contribution in [2.24, 2.45) is 0 Å². The van der Waals surface area contributed by atoms with Gasteiger partial charge in [-0.05, 0) is 48.2 Å². The molecule has 0 N–H and O–H groups in total. The Hall–Kier alpha value is -3.41. The van der Waals surface area contributed by atoms with Crippen LogP contribution in [0.2, 0.25) is 0 Å². The second-order valence-corrected chi connectivity index (χ2v) is 8.87. The zero-order chi connectivity index (χ0) is 22.5. The molecule has 3 heterocycles. The Morgan fingerprint density at radius 2 is 1.12 bits per heavy atom. The number of carbonyl (C=O) groups is 1. The van der Waals surface area contributed by atoms with Gasteiger partial charge in [-0.3, -0.25) is 4.79 Å². The molecule has 5 rings (SSSR count). The zero-order valence-corrected chi connectivity index (χ0v) is 19.1. The number of amides is 1. The third-order valence-corrected chi connectivity index (χ3v) is 6.70. The third-order valence-electron chi connectivity index (χ3n) is 6.70. The number of aromatic nitrogens is 2. The van der Waals surface area contributed by atoms with Crippen LogP contribution >= 0.6 is 0 Å². The van der Waals surface area contributed by atoms with E-state index in [9.17, 15) is 4.79 Å². The molecule has 0 radical (unpaired) electrons. The maximum absolute atomic E-state index is 13.0. The second-order valence-electron chi connectivity index (χ2n) is 8.87. The van der Waals surface area contributed by atoms with Gasteiger partial charge in [-0.2, -0.15) is 0 Å². The molecule has 0 bridgehead atoms. The highest BCUT2D eigenvalue weighted by molar-refractivity contribution is 5.95. The van der Waals surface area contributed by atoms with Gasteiger partial charge in [-0.1, -0.05) is 55.3 Å². The summed E-state index contributed by atoms with van der Waals surface area (Å²) in [5, 5.41) is 9.01. The van der Waals surface area contributed by atoms with Crippen molar-refractivity contribution >= 4 is 17.5 Å². The van der Waals surface area contributed by atoms with Crippen LogP contribution in [0.3, 0.4) is 0 Å². The molecule has 2 aliphatic rings. The Morgan fingerprint density at radius 3 is 1.70 bits per heavy atom. The van der Waals surface area contributed by atoms with Gasteiger partial charge >= 0.3 is 0 Å². The summed E-state index contributed by atoms with van der Waals surface area (Å²) >= 11 is 0. The van der Waals surface area contributed by atoms with E-state index >= 15 is 0 Å². The maximum Gasteiger partial charge on any atom is 0.253 e. The largest absolute Gasteiger partial charge is 0.355 e. The summed E-state index contributed by atoms with van der Waals surface area (Å²) in [6.45, 7) is 5.06. The van der Waals surface area contributed by atoms with E-state index in [1.807, 2.05) is 47.4 Å². The predicted molar refractivity (Wildman–Crippen MR) is 133 cm³/mol. The molecule has 6 nitrogen and oxygen atoms in total. The van der Waals surface area contributed by atoms with Crippen molar-refractivity contribution in [3.8, 4) is 11.1 Å². The molecule has 3 aromatic rings. The molecular formula is C27H31N5O. The lowest BCUT2D eigenvalue weighted by atomic mass is 10.0. The Bertz CT molecular complexity index is 1040. The first-order chi connectivity index (χ1) is 16.3. The minimum atomic E-state index is 0.0943. The van der Waals surface area contributed by atoms with Gasteiger partial charge < -0.3 is 14.7 Å². The summed E-state index contributed by atoms with van der Waals surface area (Å²) in [6, 6.07) is 22.3. The van der Waals surface area contributed by atoms with E-state index in [1.165, 1.54) is 25.7 Å². The van der Waals surface area contributed by atoms with Gasteiger partial charge in [-0.25, -0.2) is 0 Å². The summed E-state index contributed by atoms with van der Waals surface area (Å²) in [5.74, 6) is 1.97. The van der Waals surface area contributed by atoms with Crippen molar-refractivity contribution in [3.63, 3.8) is 0 Å². The molecule has 0 aliphatic carbocycles. The monoisotopic (exact) mass is 441 g/mol. The first-order valence-electron chi connectivity index (χ1n) is 12.1. The van der Waals surface area contributed by atoms with Crippen molar-refractivity contribution < 1.29 is 4.79 Å². The highest BCUT2D eigenvalue weighted by Gasteiger charge is 2.23. The topological polar surface area (TPSA) is 52.6 Å². The number of rotatable bonds is 4. The van der Waals surface area contributed by atoms with Crippen LogP contribution in [0, 0.1) is 0 Å². The van der Waals surface area contributed by atoms with E-state index < -0.39 is 0 Å². The van der Waals surface area contributed by atoms with E-state index in [0.717, 1.165) is 54.5 Å². The number of hydrogen-bond acceptors (Lipinski definition) is 5. The molecule has 2 fully saturated rings. The van der Waals surface area contributed by atoms with Gasteiger partial charge in [0.05, 0.1) is 0 Å². The van der Waals surface area contributed by atoms with Gasteiger partial charge in [0.2, 0.25) is 0 Å². The minimum Gasteiger partial charge on any atom is -0.355 e. The molecule has 0 saturated carbocycles. The van der Waals surface area contributed by atoms with Gasteiger partial charge in [-0.15, -0.1) is 10.2 Å². The maximum atomic E-state index is 13.0. The van der Waals surface area contributed by atoms with Crippen molar-refractivity contribution in [3.05, 3.63) is 72.3 Å². The van der Waals surface area contributed by atoms with Crippen LogP contribution in [-0.4, -0.2) is 60.3 Å². The average molecular weight is 442 g/mol. The van der Waals surface area contributed by atoms with E-state index in [4.69, 9.17) is 0 Å². The van der Waals surface area contributed by atoms with Crippen LogP contribution < -0.4 is 9.80 Å². The van der Waals surface area contributed by atoms with E-state index in [-0.39, 0.29) is 5.91 Å². The molecule has 1 aromatic heterocycles. The summed E-state index contributed by atoms with van der Waals surface area (Å²) in [7, 11) is 0. The normalized spacial score (nSPS) is 17.0. The summed E-state index contributed by atoms with van der Waals surface area (Å²) in [4.78, 5) is 19.5. The van der Waals surface area contributed by atoms with Crippen LogP contribution in [-0.2, 0) is 0 Å². The predicted octanol–water partition coefficient (Wildman–Crippen LogP) is 4.49. The number of piperazine rings is 1. The van der Waals surface area contributed by atoms with Crippen molar-refractivity contribution in [1.29, 1.82) is 0 Å². The van der Waals surface area contributed by atoms with Crippen molar-refractivity contribution in [1.82, 2.24) is 15.1 Å². The fourth-order valence-electron chi connectivity index (χ4n) is 4.71. The Labute approximate surface area is 195 Å². The number of benzene rings is 2. The second kappa shape index (κ2) is 10.0. The fourth-order valence-corrected chi connectivity index (χ4v) is 4.71. The lowest BCUT2D eigenvalue weighted by Crippen LogP contribution is -2.49. The molecule has 2 aliphatic heterocycles. The Kier molecular flexibility index (Phi) is 6.51. The summed E-state index contributed by atoms with van der Waals surface area (Å²) in [5.41, 5.74) is 3.02. The molecular weight excluding hydrogens is 410 g/mol.